The number of nitrogens with zero attached hydrogens (tertiary/aromatic N) is 4. The van der Waals surface area contributed by atoms with Crippen molar-refractivity contribution in [1.29, 1.82) is 0 Å². The van der Waals surface area contributed by atoms with Crippen LogP contribution in [0.25, 0.3) is 0 Å². The zero-order valence-electron chi connectivity index (χ0n) is 12.1. The Labute approximate surface area is 126 Å². The van der Waals surface area contributed by atoms with Crippen molar-refractivity contribution in [2.45, 2.75) is 20.4 Å². The van der Waals surface area contributed by atoms with Gasteiger partial charge in [0.05, 0.1) is 6.61 Å². The standard InChI is InChI=1S/C13H15N5O4/c1-3-22-11-6-4-10(5-7-11)15-12(19)8-17-9(2)14-13(16-17)18(20)21/h4-7H,3,8H2,1-2H3,(H,15,19). The molecule has 0 aliphatic carbocycles. The molecule has 0 spiro atoms. The molecule has 22 heavy (non-hydrogen) atoms. The first-order valence-electron chi connectivity index (χ1n) is 6.58. The number of nitrogens with one attached hydrogen (secondary N) is 1. The van der Waals surface area contributed by atoms with Gasteiger partial charge in [0.25, 0.3) is 0 Å². The SMILES string of the molecule is CCOc1ccc(NC(=O)Cn2nc([N+](=O)[O-])nc2C)cc1. The minimum atomic E-state index is -0.701. The molecule has 0 saturated heterocycles. The van der Waals surface area contributed by atoms with E-state index in [-0.39, 0.29) is 12.5 Å². The second-order valence-electron chi connectivity index (χ2n) is 4.38. The fourth-order valence-corrected chi connectivity index (χ4v) is 1.77. The van der Waals surface area contributed by atoms with Crippen LogP contribution >= 0.6 is 0 Å². The third kappa shape index (κ3) is 3.78. The average Bonchev–Trinajstić information content (AvgIpc) is 2.83. The highest BCUT2D eigenvalue weighted by Gasteiger charge is 2.19. The minimum absolute atomic E-state index is 0.153. The van der Waals surface area contributed by atoms with Crippen LogP contribution < -0.4 is 10.1 Å². The van der Waals surface area contributed by atoms with Crippen molar-refractivity contribution in [1.82, 2.24) is 14.8 Å². The van der Waals surface area contributed by atoms with Gasteiger partial charge in [0.15, 0.2) is 0 Å². The van der Waals surface area contributed by atoms with Gasteiger partial charge in [-0.3, -0.25) is 4.79 Å². The fourth-order valence-electron chi connectivity index (χ4n) is 1.77. The molecule has 2 aromatic rings. The van der Waals surface area contributed by atoms with Crippen molar-refractivity contribution in [3.63, 3.8) is 0 Å². The van der Waals surface area contributed by atoms with Gasteiger partial charge in [-0.1, -0.05) is 0 Å². The molecule has 0 aliphatic rings. The van der Waals surface area contributed by atoms with Crippen molar-refractivity contribution in [2.75, 3.05) is 11.9 Å². The number of rotatable bonds is 6. The Balaban J connectivity index is 1.99. The van der Waals surface area contributed by atoms with E-state index < -0.39 is 10.9 Å². The molecule has 0 radical (unpaired) electrons. The van der Waals surface area contributed by atoms with Gasteiger partial charge in [-0.2, -0.15) is 4.68 Å². The maximum absolute atomic E-state index is 11.9. The Morgan fingerprint density at radius 3 is 2.64 bits per heavy atom. The fraction of sp³-hybridized carbons (Fsp3) is 0.308. The normalized spacial score (nSPS) is 10.3. The lowest BCUT2D eigenvalue weighted by molar-refractivity contribution is -0.394. The van der Waals surface area contributed by atoms with Crippen molar-refractivity contribution in [3.05, 3.63) is 40.2 Å². The number of benzene rings is 1. The van der Waals surface area contributed by atoms with Crippen LogP contribution in [0.5, 0.6) is 5.75 Å². The first kappa shape index (κ1) is 15.4. The summed E-state index contributed by atoms with van der Waals surface area (Å²) in [4.78, 5) is 25.5. The Bertz CT molecular complexity index is 680. The topological polar surface area (TPSA) is 112 Å². The second kappa shape index (κ2) is 6.66. The van der Waals surface area contributed by atoms with Crippen molar-refractivity contribution >= 4 is 17.5 Å². The highest BCUT2D eigenvalue weighted by Crippen LogP contribution is 2.15. The molecule has 9 heteroatoms. The van der Waals surface area contributed by atoms with Crippen molar-refractivity contribution < 1.29 is 14.5 Å². The number of carbonyl (C=O) groups is 1. The predicted molar refractivity (Wildman–Crippen MR) is 77.7 cm³/mol. The third-order valence-electron chi connectivity index (χ3n) is 2.75. The Morgan fingerprint density at radius 1 is 1.41 bits per heavy atom. The molecule has 2 rings (SSSR count). The van der Waals surface area contributed by atoms with E-state index in [2.05, 4.69) is 15.4 Å². The van der Waals surface area contributed by atoms with E-state index in [0.717, 1.165) is 0 Å². The number of aryl methyl sites for hydroxylation is 1. The Kier molecular flexibility index (Phi) is 4.66. The molecule has 116 valence electrons. The van der Waals surface area contributed by atoms with Gasteiger partial charge in [-0.15, -0.1) is 0 Å². The zero-order valence-corrected chi connectivity index (χ0v) is 12.1. The maximum atomic E-state index is 11.9. The van der Waals surface area contributed by atoms with Gasteiger partial charge in [0.1, 0.15) is 12.3 Å². The first-order valence-corrected chi connectivity index (χ1v) is 6.58. The highest BCUT2D eigenvalue weighted by atomic mass is 16.6. The number of aromatic nitrogens is 3. The summed E-state index contributed by atoms with van der Waals surface area (Å²) >= 11 is 0. The van der Waals surface area contributed by atoms with E-state index >= 15 is 0 Å². The van der Waals surface area contributed by atoms with Gasteiger partial charge in [-0.25, -0.2) is 0 Å². The van der Waals surface area contributed by atoms with E-state index in [9.17, 15) is 14.9 Å². The van der Waals surface area contributed by atoms with E-state index in [0.29, 0.717) is 23.9 Å². The van der Waals surface area contributed by atoms with Crippen molar-refractivity contribution in [3.8, 4) is 5.75 Å². The summed E-state index contributed by atoms with van der Waals surface area (Å²) < 4.78 is 6.49. The Hall–Kier alpha value is -2.97. The van der Waals surface area contributed by atoms with Crippen LogP contribution in [0.4, 0.5) is 11.6 Å². The van der Waals surface area contributed by atoms with Gasteiger partial charge in [-0.05, 0) is 41.1 Å². The van der Waals surface area contributed by atoms with Crippen LogP contribution in [0, 0.1) is 17.0 Å². The van der Waals surface area contributed by atoms with Gasteiger partial charge in [0.2, 0.25) is 11.7 Å². The number of ether oxygens (including phenoxy) is 1. The lowest BCUT2D eigenvalue weighted by Gasteiger charge is -2.06. The van der Waals surface area contributed by atoms with Gasteiger partial charge < -0.3 is 20.2 Å². The van der Waals surface area contributed by atoms with Crippen LogP contribution in [-0.4, -0.2) is 32.2 Å². The maximum Gasteiger partial charge on any atom is 0.491 e. The minimum Gasteiger partial charge on any atom is -0.494 e. The molecule has 1 heterocycles. The van der Waals surface area contributed by atoms with Gasteiger partial charge in [0, 0.05) is 17.7 Å². The summed E-state index contributed by atoms with van der Waals surface area (Å²) in [6, 6.07) is 6.90. The number of anilines is 1. The van der Waals surface area contributed by atoms with Crippen LogP contribution in [0.2, 0.25) is 0 Å². The van der Waals surface area contributed by atoms with E-state index in [1.54, 1.807) is 31.2 Å². The molecule has 0 saturated carbocycles. The molecular weight excluding hydrogens is 290 g/mol. The molecule has 0 atom stereocenters. The molecule has 1 N–H and O–H groups in total. The van der Waals surface area contributed by atoms with Crippen LogP contribution in [0.1, 0.15) is 12.7 Å². The predicted octanol–water partition coefficient (Wildman–Crippen LogP) is 1.53. The molecule has 1 aromatic carbocycles. The molecule has 1 aromatic heterocycles. The number of carbonyl (C=O) groups excluding carboxylic acids is 1. The molecule has 9 nitrogen and oxygen atoms in total. The van der Waals surface area contributed by atoms with E-state index in [1.807, 2.05) is 6.92 Å². The summed E-state index contributed by atoms with van der Waals surface area (Å²) in [7, 11) is 0. The molecular formula is C13H15N5O4. The van der Waals surface area contributed by atoms with Crippen LogP contribution in [0.3, 0.4) is 0 Å². The van der Waals surface area contributed by atoms with E-state index in [1.165, 1.54) is 4.68 Å². The lowest BCUT2D eigenvalue weighted by atomic mass is 10.3. The highest BCUT2D eigenvalue weighted by molar-refractivity contribution is 5.90. The lowest BCUT2D eigenvalue weighted by Crippen LogP contribution is -2.20. The smallest absolute Gasteiger partial charge is 0.491 e. The number of nitro groups is 1. The van der Waals surface area contributed by atoms with Crippen LogP contribution in [0.15, 0.2) is 24.3 Å². The summed E-state index contributed by atoms with van der Waals surface area (Å²) in [5, 5.41) is 16.9. The zero-order chi connectivity index (χ0) is 16.1. The summed E-state index contributed by atoms with van der Waals surface area (Å²) in [5.41, 5.74) is 0.598. The summed E-state index contributed by atoms with van der Waals surface area (Å²) in [5.74, 6) is 0.134. The second-order valence-corrected chi connectivity index (χ2v) is 4.38. The van der Waals surface area contributed by atoms with E-state index in [4.69, 9.17) is 4.74 Å². The number of hydrogen-bond acceptors (Lipinski definition) is 6. The third-order valence-corrected chi connectivity index (χ3v) is 2.75. The molecule has 0 fully saturated rings. The molecule has 0 bridgehead atoms. The largest absolute Gasteiger partial charge is 0.494 e. The monoisotopic (exact) mass is 305 g/mol. The first-order chi connectivity index (χ1) is 10.5. The molecule has 0 unspecified atom stereocenters. The number of amides is 1. The van der Waals surface area contributed by atoms with Crippen LogP contribution in [-0.2, 0) is 11.3 Å². The molecule has 0 aliphatic heterocycles. The summed E-state index contributed by atoms with van der Waals surface area (Å²) in [6.45, 7) is 3.84. The number of hydrogen-bond donors (Lipinski definition) is 1. The van der Waals surface area contributed by atoms with Crippen molar-refractivity contribution in [2.24, 2.45) is 0 Å². The Morgan fingerprint density at radius 2 is 2.09 bits per heavy atom. The molecule has 1 amide bonds. The summed E-state index contributed by atoms with van der Waals surface area (Å²) in [6.07, 6.45) is 0. The quantitative estimate of drug-likeness (QED) is 0.639. The average molecular weight is 305 g/mol. The van der Waals surface area contributed by atoms with Gasteiger partial charge >= 0.3 is 5.95 Å².